The fourth-order valence-electron chi connectivity index (χ4n) is 2.92. The summed E-state index contributed by atoms with van der Waals surface area (Å²) in [6, 6.07) is 6.24. The Balaban J connectivity index is 2.61. The highest BCUT2D eigenvalue weighted by atomic mass is 79.9. The van der Waals surface area contributed by atoms with Crippen molar-refractivity contribution >= 4 is 38.4 Å². The first-order valence-corrected chi connectivity index (χ1v) is 9.50. The SMILES string of the molecule is CCOC(=O)C(C(=O)OCC)C1c2ccccc2C(Br)=CN1C(=O)OCC. The number of benzene rings is 1. The number of halogens is 1. The molecule has 1 amide bonds. The minimum Gasteiger partial charge on any atom is -0.465 e. The van der Waals surface area contributed by atoms with Crippen molar-refractivity contribution in [1.29, 1.82) is 0 Å². The molecule has 0 bridgehead atoms. The molecule has 0 saturated carbocycles. The van der Waals surface area contributed by atoms with Gasteiger partial charge in [0.2, 0.25) is 0 Å². The van der Waals surface area contributed by atoms with E-state index in [2.05, 4.69) is 15.9 Å². The number of fused-ring (bicyclic) bond motifs is 1. The van der Waals surface area contributed by atoms with Crippen molar-refractivity contribution in [3.8, 4) is 0 Å². The maximum absolute atomic E-state index is 12.6. The molecule has 27 heavy (non-hydrogen) atoms. The maximum atomic E-state index is 12.6. The Morgan fingerprint density at radius 3 is 2.11 bits per heavy atom. The molecule has 7 nitrogen and oxygen atoms in total. The zero-order valence-corrected chi connectivity index (χ0v) is 17.0. The van der Waals surface area contributed by atoms with Gasteiger partial charge in [0, 0.05) is 10.7 Å². The Morgan fingerprint density at radius 2 is 1.56 bits per heavy atom. The minimum absolute atomic E-state index is 0.0993. The molecule has 1 unspecified atom stereocenters. The van der Waals surface area contributed by atoms with Crippen LogP contribution in [0, 0.1) is 5.92 Å². The number of hydrogen-bond acceptors (Lipinski definition) is 6. The number of hydrogen-bond donors (Lipinski definition) is 0. The summed E-state index contributed by atoms with van der Waals surface area (Å²) in [5.41, 5.74) is 1.38. The first-order valence-electron chi connectivity index (χ1n) is 8.71. The molecule has 1 aromatic carbocycles. The van der Waals surface area contributed by atoms with Crippen molar-refractivity contribution in [3.05, 3.63) is 41.6 Å². The predicted octanol–water partition coefficient (Wildman–Crippen LogP) is 3.64. The minimum atomic E-state index is -1.34. The van der Waals surface area contributed by atoms with Gasteiger partial charge in [-0.2, -0.15) is 0 Å². The van der Waals surface area contributed by atoms with Crippen molar-refractivity contribution in [2.24, 2.45) is 5.92 Å². The quantitative estimate of drug-likeness (QED) is 0.382. The van der Waals surface area contributed by atoms with Gasteiger partial charge in [-0.3, -0.25) is 14.5 Å². The van der Waals surface area contributed by atoms with Crippen LogP contribution < -0.4 is 0 Å². The lowest BCUT2D eigenvalue weighted by Gasteiger charge is -2.36. The van der Waals surface area contributed by atoms with E-state index >= 15 is 0 Å². The number of esters is 2. The molecule has 146 valence electrons. The van der Waals surface area contributed by atoms with Crippen LogP contribution in [0.15, 0.2) is 30.5 Å². The molecule has 2 rings (SSSR count). The molecule has 1 aromatic rings. The van der Waals surface area contributed by atoms with E-state index in [0.29, 0.717) is 10.0 Å². The summed E-state index contributed by atoms with van der Waals surface area (Å²) in [4.78, 5) is 39.1. The number of carbonyl (C=O) groups excluding carboxylic acids is 3. The summed E-state index contributed by atoms with van der Waals surface area (Å²) >= 11 is 3.44. The van der Waals surface area contributed by atoms with E-state index in [1.54, 1.807) is 32.9 Å². The standard InChI is InChI=1S/C19H22BrNO6/c1-4-25-17(22)15(18(23)26-5-2)16-13-10-8-7-9-12(13)14(20)11-21(16)19(24)27-6-3/h7-11,15-16H,4-6H2,1-3H3. The molecular weight excluding hydrogens is 418 g/mol. The lowest BCUT2D eigenvalue weighted by atomic mass is 9.86. The molecule has 0 spiro atoms. The Bertz CT molecular complexity index is 729. The van der Waals surface area contributed by atoms with E-state index in [0.717, 1.165) is 5.56 Å². The van der Waals surface area contributed by atoms with E-state index in [4.69, 9.17) is 14.2 Å². The Morgan fingerprint density at radius 1 is 1.00 bits per heavy atom. The Kier molecular flexibility index (Phi) is 7.41. The normalized spacial score (nSPS) is 15.7. The average molecular weight is 440 g/mol. The summed E-state index contributed by atoms with van der Waals surface area (Å²) in [5, 5.41) is 0. The molecule has 0 saturated heterocycles. The van der Waals surface area contributed by atoms with Crippen LogP contribution >= 0.6 is 15.9 Å². The van der Waals surface area contributed by atoms with Crippen LogP contribution in [0.2, 0.25) is 0 Å². The molecule has 1 aliphatic rings. The lowest BCUT2D eigenvalue weighted by molar-refractivity contribution is -0.164. The second kappa shape index (κ2) is 9.55. The van der Waals surface area contributed by atoms with Crippen LogP contribution in [0.5, 0.6) is 0 Å². The van der Waals surface area contributed by atoms with Gasteiger partial charge in [-0.05, 0) is 47.8 Å². The van der Waals surface area contributed by atoms with E-state index in [1.807, 2.05) is 12.1 Å². The van der Waals surface area contributed by atoms with Gasteiger partial charge < -0.3 is 14.2 Å². The van der Waals surface area contributed by atoms with Crippen LogP contribution in [0.4, 0.5) is 4.79 Å². The number of amides is 1. The van der Waals surface area contributed by atoms with E-state index in [1.165, 1.54) is 11.1 Å². The topological polar surface area (TPSA) is 82.1 Å². The first kappa shape index (κ1) is 21.0. The third-order valence-electron chi connectivity index (χ3n) is 3.96. The van der Waals surface area contributed by atoms with Crippen molar-refractivity contribution in [2.75, 3.05) is 19.8 Å². The third kappa shape index (κ3) is 4.50. The molecule has 0 fully saturated rings. The van der Waals surface area contributed by atoms with Gasteiger partial charge in [0.1, 0.15) is 0 Å². The van der Waals surface area contributed by atoms with Crippen LogP contribution in [0.3, 0.4) is 0 Å². The Labute approximate surface area is 166 Å². The van der Waals surface area contributed by atoms with Gasteiger partial charge in [-0.25, -0.2) is 4.79 Å². The van der Waals surface area contributed by atoms with Gasteiger partial charge in [0.05, 0.1) is 25.9 Å². The maximum Gasteiger partial charge on any atom is 0.414 e. The number of ether oxygens (including phenoxy) is 3. The molecule has 0 aromatic heterocycles. The smallest absolute Gasteiger partial charge is 0.414 e. The van der Waals surface area contributed by atoms with Crippen molar-refractivity contribution in [2.45, 2.75) is 26.8 Å². The highest BCUT2D eigenvalue weighted by molar-refractivity contribution is 9.15. The highest BCUT2D eigenvalue weighted by Crippen LogP contribution is 2.42. The molecule has 8 heteroatoms. The van der Waals surface area contributed by atoms with Gasteiger partial charge in [-0.1, -0.05) is 24.3 Å². The number of nitrogens with zero attached hydrogens (tertiary/aromatic N) is 1. The van der Waals surface area contributed by atoms with Crippen molar-refractivity contribution in [1.82, 2.24) is 4.90 Å². The molecule has 1 heterocycles. The highest BCUT2D eigenvalue weighted by Gasteiger charge is 2.46. The van der Waals surface area contributed by atoms with Gasteiger partial charge >= 0.3 is 18.0 Å². The molecule has 0 radical (unpaired) electrons. The third-order valence-corrected chi connectivity index (χ3v) is 4.60. The summed E-state index contributed by atoms with van der Waals surface area (Å²) in [5.74, 6) is -2.85. The van der Waals surface area contributed by atoms with Gasteiger partial charge in [0.25, 0.3) is 0 Å². The molecule has 1 atom stereocenters. The largest absolute Gasteiger partial charge is 0.465 e. The number of rotatable bonds is 6. The van der Waals surface area contributed by atoms with Crippen LogP contribution in [-0.2, 0) is 23.8 Å². The zero-order valence-electron chi connectivity index (χ0n) is 15.4. The van der Waals surface area contributed by atoms with Gasteiger partial charge in [0.15, 0.2) is 5.92 Å². The van der Waals surface area contributed by atoms with Crippen molar-refractivity contribution in [3.63, 3.8) is 0 Å². The second-order valence-electron chi connectivity index (χ2n) is 5.60. The Hall–Kier alpha value is -2.35. The first-order chi connectivity index (χ1) is 13.0. The molecule has 1 aliphatic heterocycles. The fraction of sp³-hybridized carbons (Fsp3) is 0.421. The summed E-state index contributed by atoms with van der Waals surface area (Å²) in [6.45, 7) is 5.32. The average Bonchev–Trinajstić information content (AvgIpc) is 2.64. The van der Waals surface area contributed by atoms with Crippen LogP contribution in [-0.4, -0.2) is 42.8 Å². The molecule has 0 aliphatic carbocycles. The predicted molar refractivity (Wildman–Crippen MR) is 102 cm³/mol. The van der Waals surface area contributed by atoms with Crippen molar-refractivity contribution < 1.29 is 28.6 Å². The van der Waals surface area contributed by atoms with E-state index in [9.17, 15) is 14.4 Å². The number of carbonyl (C=O) groups is 3. The molecular formula is C19H22BrNO6. The summed E-state index contributed by atoms with van der Waals surface area (Å²) in [6.07, 6.45) is 0.837. The summed E-state index contributed by atoms with van der Waals surface area (Å²) in [7, 11) is 0. The summed E-state index contributed by atoms with van der Waals surface area (Å²) < 4.78 is 16.0. The monoisotopic (exact) mass is 439 g/mol. The lowest BCUT2D eigenvalue weighted by Crippen LogP contribution is -2.44. The van der Waals surface area contributed by atoms with E-state index in [-0.39, 0.29) is 19.8 Å². The van der Waals surface area contributed by atoms with Crippen LogP contribution in [0.1, 0.15) is 37.9 Å². The zero-order chi connectivity index (χ0) is 20.0. The van der Waals surface area contributed by atoms with Gasteiger partial charge in [-0.15, -0.1) is 0 Å². The second-order valence-corrected chi connectivity index (χ2v) is 6.45. The van der Waals surface area contributed by atoms with E-state index < -0.39 is 30.0 Å². The van der Waals surface area contributed by atoms with Crippen LogP contribution in [0.25, 0.3) is 4.48 Å². The molecule has 0 N–H and O–H groups in total. The fourth-order valence-corrected chi connectivity index (χ4v) is 3.50.